The number of piperidine rings is 3. The number of aromatic nitrogens is 1. The quantitative estimate of drug-likeness (QED) is 0.209. The number of anilines is 1. The van der Waals surface area contributed by atoms with E-state index in [9.17, 15) is 19.5 Å². The van der Waals surface area contributed by atoms with Crippen molar-refractivity contribution in [3.05, 3.63) is 22.3 Å². The molecule has 5 aliphatic rings. The number of rotatable bonds is 7. The molecule has 2 atom stereocenters. The Morgan fingerprint density at radius 1 is 1.35 bits per heavy atom. The van der Waals surface area contributed by atoms with Gasteiger partial charge in [-0.05, 0) is 25.2 Å². The summed E-state index contributed by atoms with van der Waals surface area (Å²) in [5.74, 6) is -1.19. The highest BCUT2D eigenvalue weighted by atomic mass is 32.2. The largest absolute Gasteiger partial charge is 0.543 e. The Balaban J connectivity index is 1.33. The number of nitrogen functional groups attached to an aromatic ring is 1. The van der Waals surface area contributed by atoms with Gasteiger partial charge in [-0.2, -0.15) is 0 Å². The van der Waals surface area contributed by atoms with Gasteiger partial charge in [-0.3, -0.25) is 14.5 Å². The highest BCUT2D eigenvalue weighted by molar-refractivity contribution is 8.00. The lowest BCUT2D eigenvalue weighted by Gasteiger charge is -2.53. The van der Waals surface area contributed by atoms with Gasteiger partial charge in [0.05, 0.1) is 31.3 Å². The van der Waals surface area contributed by atoms with Crippen molar-refractivity contribution in [3.63, 3.8) is 0 Å². The monoisotopic (exact) mass is 506 g/mol. The van der Waals surface area contributed by atoms with Crippen molar-refractivity contribution in [1.29, 1.82) is 0 Å². The number of hydrogen-bond acceptors (Lipinski definition) is 10. The van der Waals surface area contributed by atoms with Gasteiger partial charge in [-0.15, -0.1) is 23.1 Å². The maximum atomic E-state index is 13.0. The van der Waals surface area contributed by atoms with Gasteiger partial charge in [0.2, 0.25) is 0 Å². The summed E-state index contributed by atoms with van der Waals surface area (Å²) in [6.07, 6.45) is 3.53. The molecule has 182 valence electrons. The minimum atomic E-state index is -1.34. The van der Waals surface area contributed by atoms with Crippen molar-refractivity contribution in [3.8, 4) is 0 Å². The molecular formula is C21H26N6O5S2. The lowest BCUT2D eigenvalue weighted by atomic mass is 9.85. The number of thioether (sulfide) groups is 1. The number of quaternary nitrogens is 1. The van der Waals surface area contributed by atoms with Gasteiger partial charge >= 0.3 is 0 Å². The van der Waals surface area contributed by atoms with Crippen LogP contribution in [0.5, 0.6) is 0 Å². The number of carbonyl (C=O) groups excluding carboxylic acids is 3. The van der Waals surface area contributed by atoms with Crippen LogP contribution in [0, 0.1) is 5.92 Å². The van der Waals surface area contributed by atoms with E-state index in [4.69, 9.17) is 10.6 Å². The number of carboxylic acids is 1. The molecule has 4 fully saturated rings. The molecule has 0 spiro atoms. The number of fused-ring (bicyclic) bond motifs is 4. The number of nitrogens with zero attached hydrogens (tertiary/aromatic N) is 4. The van der Waals surface area contributed by atoms with Gasteiger partial charge in [0, 0.05) is 16.7 Å². The van der Waals surface area contributed by atoms with Crippen molar-refractivity contribution >= 4 is 51.7 Å². The fourth-order valence-electron chi connectivity index (χ4n) is 5.47. The maximum Gasteiger partial charge on any atom is 0.276 e. The summed E-state index contributed by atoms with van der Waals surface area (Å²) in [7, 11) is 1.30. The number of oxime groups is 1. The van der Waals surface area contributed by atoms with E-state index in [0.29, 0.717) is 12.3 Å². The Morgan fingerprint density at radius 3 is 2.65 bits per heavy atom. The number of aliphatic carboxylic acids is 1. The van der Waals surface area contributed by atoms with E-state index in [-0.39, 0.29) is 22.2 Å². The Kier molecular flexibility index (Phi) is 6.02. The Morgan fingerprint density at radius 2 is 2.06 bits per heavy atom. The maximum absolute atomic E-state index is 13.0. The summed E-state index contributed by atoms with van der Waals surface area (Å²) in [5, 5.41) is 19.8. The fraction of sp³-hybridized carbons (Fsp3) is 0.571. The fourth-order valence-corrected chi connectivity index (χ4v) is 7.36. The molecule has 2 amide bonds. The third-order valence-corrected chi connectivity index (χ3v) is 9.26. The third-order valence-electron chi connectivity index (χ3n) is 7.25. The van der Waals surface area contributed by atoms with Crippen LogP contribution in [0.15, 0.2) is 21.8 Å². The average molecular weight is 507 g/mol. The summed E-state index contributed by atoms with van der Waals surface area (Å²) in [6.45, 7) is 3.79. The normalized spacial score (nSPS) is 30.6. The van der Waals surface area contributed by atoms with Crippen LogP contribution in [0.25, 0.3) is 0 Å². The molecule has 0 aromatic carbocycles. The van der Waals surface area contributed by atoms with Gasteiger partial charge in [0.15, 0.2) is 10.8 Å². The number of nitrogens with two attached hydrogens (primary N) is 1. The molecule has 5 aliphatic heterocycles. The summed E-state index contributed by atoms with van der Waals surface area (Å²) in [4.78, 5) is 48.1. The van der Waals surface area contributed by atoms with E-state index in [1.165, 1.54) is 43.0 Å². The predicted molar refractivity (Wildman–Crippen MR) is 124 cm³/mol. The predicted octanol–water partition coefficient (Wildman–Crippen LogP) is -0.890. The van der Waals surface area contributed by atoms with Crippen LogP contribution >= 0.6 is 23.1 Å². The second-order valence-electron chi connectivity index (χ2n) is 9.20. The first-order valence-corrected chi connectivity index (χ1v) is 13.1. The van der Waals surface area contributed by atoms with Gasteiger partial charge in [0.25, 0.3) is 11.8 Å². The molecular weight excluding hydrogens is 480 g/mol. The van der Waals surface area contributed by atoms with Crippen LogP contribution in [0.3, 0.4) is 0 Å². The van der Waals surface area contributed by atoms with Gasteiger partial charge < -0.3 is 30.3 Å². The topological polar surface area (TPSA) is 150 Å². The smallest absolute Gasteiger partial charge is 0.276 e. The summed E-state index contributed by atoms with van der Waals surface area (Å²) in [6, 6.07) is -0.885. The first-order valence-electron chi connectivity index (χ1n) is 11.2. The summed E-state index contributed by atoms with van der Waals surface area (Å²) in [5.41, 5.74) is 6.50. The van der Waals surface area contributed by atoms with E-state index in [2.05, 4.69) is 15.5 Å². The van der Waals surface area contributed by atoms with E-state index >= 15 is 0 Å². The average Bonchev–Trinajstić information content (AvgIpc) is 3.27. The number of nitrogens with one attached hydrogen (secondary N) is 1. The zero-order valence-electron chi connectivity index (χ0n) is 18.7. The van der Waals surface area contributed by atoms with E-state index in [1.807, 2.05) is 0 Å². The molecule has 4 saturated heterocycles. The third kappa shape index (κ3) is 3.95. The lowest BCUT2D eigenvalue weighted by Crippen LogP contribution is -2.72. The molecule has 13 heteroatoms. The Bertz CT molecular complexity index is 1080. The lowest BCUT2D eigenvalue weighted by molar-refractivity contribution is -0.938. The minimum absolute atomic E-state index is 0.0301. The van der Waals surface area contributed by atoms with Crippen LogP contribution in [0.1, 0.15) is 25.0 Å². The second-order valence-corrected chi connectivity index (χ2v) is 11.2. The molecule has 0 radical (unpaired) electrons. The molecule has 34 heavy (non-hydrogen) atoms. The van der Waals surface area contributed by atoms with Crippen molar-refractivity contribution in [2.45, 2.75) is 30.7 Å². The molecule has 6 rings (SSSR count). The van der Waals surface area contributed by atoms with Gasteiger partial charge in [-0.25, -0.2) is 4.98 Å². The van der Waals surface area contributed by atoms with Crippen LogP contribution in [0.2, 0.25) is 0 Å². The molecule has 0 aliphatic carbocycles. The van der Waals surface area contributed by atoms with Crippen LogP contribution in [-0.4, -0.2) is 88.3 Å². The minimum Gasteiger partial charge on any atom is -0.543 e. The number of hydrogen-bond donors (Lipinski definition) is 2. The molecule has 1 aromatic rings. The van der Waals surface area contributed by atoms with Crippen molar-refractivity contribution in [2.75, 3.05) is 44.8 Å². The summed E-state index contributed by atoms with van der Waals surface area (Å²) >= 11 is 2.61. The first-order chi connectivity index (χ1) is 16.3. The Hall–Kier alpha value is -2.64. The van der Waals surface area contributed by atoms with Crippen molar-refractivity contribution in [1.82, 2.24) is 15.2 Å². The SMILES string of the molecule is CO/N=C(\C(=O)N[C@@H]1C(=O)N2C(C(=O)[O-])=C(C[N+]34CCC(CC3)CC4)CS[C@@H]12)c1csc(N)n1. The van der Waals surface area contributed by atoms with Crippen molar-refractivity contribution in [2.24, 2.45) is 11.1 Å². The van der Waals surface area contributed by atoms with E-state index in [0.717, 1.165) is 46.9 Å². The molecule has 1 aromatic heterocycles. The van der Waals surface area contributed by atoms with Gasteiger partial charge in [-0.1, -0.05) is 5.16 Å². The van der Waals surface area contributed by atoms with E-state index in [1.54, 1.807) is 5.38 Å². The highest BCUT2D eigenvalue weighted by Gasteiger charge is 2.54. The number of carboxylic acid groups (broad SMARTS) is 1. The standard InChI is InChI=1S/C21H26N6O5S2/c1-32-25-14(13-10-34-21(22)23-13)17(28)24-15-18(29)26-16(20(30)31)12(9-33-19(15)26)8-27-5-2-11(3-6-27)4-7-27/h10-11,15,19H,2-9H2,1H3,(H3-,22,23,24,28,30,31)/b25-14-/t11?,15-,19+,27?/m1/s1. The first kappa shape index (κ1) is 23.1. The summed E-state index contributed by atoms with van der Waals surface area (Å²) < 4.78 is 0.893. The van der Waals surface area contributed by atoms with Crippen LogP contribution in [-0.2, 0) is 19.2 Å². The zero-order chi connectivity index (χ0) is 24.0. The number of β-lactam (4-membered cyclic amide) rings is 1. The highest BCUT2D eigenvalue weighted by Crippen LogP contribution is 2.42. The number of amides is 2. The molecule has 3 N–H and O–H groups in total. The zero-order valence-corrected chi connectivity index (χ0v) is 20.3. The molecule has 0 saturated carbocycles. The Labute approximate surface area is 204 Å². The van der Waals surface area contributed by atoms with Crippen LogP contribution in [0.4, 0.5) is 5.13 Å². The second kappa shape index (κ2) is 8.86. The van der Waals surface area contributed by atoms with Crippen LogP contribution < -0.4 is 16.2 Å². The van der Waals surface area contributed by atoms with Crippen molar-refractivity contribution < 1.29 is 28.8 Å². The number of thiazole rings is 1. The molecule has 0 unspecified atom stereocenters. The molecule has 6 heterocycles. The number of carbonyl (C=O) groups is 3. The van der Waals surface area contributed by atoms with E-state index < -0.39 is 29.2 Å². The molecule has 11 nitrogen and oxygen atoms in total. The molecule has 2 bridgehead atoms. The van der Waals surface area contributed by atoms with Gasteiger partial charge in [0.1, 0.15) is 30.8 Å².